The number of Topliss-reactive ketones (excluding diaryl/α,β-unsaturated/α-hetero) is 1. The molecule has 1 saturated carbocycles. The van der Waals surface area contributed by atoms with Crippen LogP contribution in [0.15, 0.2) is 18.2 Å². The number of nitrogens with one attached hydrogen (secondary N) is 2. The number of rotatable bonds is 4. The first-order valence-corrected chi connectivity index (χ1v) is 7.69. The van der Waals surface area contributed by atoms with E-state index in [4.69, 9.17) is 9.47 Å². The molecule has 1 aromatic carbocycles. The molecule has 2 amide bonds. The van der Waals surface area contributed by atoms with Gasteiger partial charge in [-0.05, 0) is 31.0 Å². The van der Waals surface area contributed by atoms with Crippen LogP contribution in [0.5, 0.6) is 11.5 Å². The van der Waals surface area contributed by atoms with E-state index in [1.54, 1.807) is 18.2 Å². The predicted molar refractivity (Wildman–Crippen MR) is 80.6 cm³/mol. The van der Waals surface area contributed by atoms with E-state index >= 15 is 0 Å². The summed E-state index contributed by atoms with van der Waals surface area (Å²) in [5.41, 5.74) is 0.505. The maximum atomic E-state index is 12.1. The summed E-state index contributed by atoms with van der Waals surface area (Å²) >= 11 is 0. The fraction of sp³-hybridized carbons (Fsp3) is 0.500. The van der Waals surface area contributed by atoms with Crippen LogP contribution < -0.4 is 20.1 Å². The second-order valence-corrected chi connectivity index (χ2v) is 5.59. The third kappa shape index (κ3) is 3.50. The number of carbonyl (C=O) groups is 2. The summed E-state index contributed by atoms with van der Waals surface area (Å²) in [6.07, 6.45) is 4.34. The van der Waals surface area contributed by atoms with Crippen molar-refractivity contribution >= 4 is 11.8 Å². The minimum Gasteiger partial charge on any atom is -0.486 e. The first-order valence-electron chi connectivity index (χ1n) is 7.69. The zero-order valence-electron chi connectivity index (χ0n) is 12.4. The molecule has 1 fully saturated rings. The molecule has 1 aromatic rings. The summed E-state index contributed by atoms with van der Waals surface area (Å²) in [5, 5.41) is 5.50. The Bertz CT molecular complexity index is 567. The Morgan fingerprint density at radius 1 is 1.09 bits per heavy atom. The molecule has 0 aromatic heterocycles. The van der Waals surface area contributed by atoms with E-state index in [9.17, 15) is 9.59 Å². The van der Waals surface area contributed by atoms with Gasteiger partial charge in [0.2, 0.25) is 0 Å². The Kier molecular flexibility index (Phi) is 4.46. The molecule has 0 radical (unpaired) electrons. The van der Waals surface area contributed by atoms with Gasteiger partial charge >= 0.3 is 6.03 Å². The van der Waals surface area contributed by atoms with Gasteiger partial charge in [-0.3, -0.25) is 4.79 Å². The van der Waals surface area contributed by atoms with E-state index in [1.807, 2.05) is 0 Å². The van der Waals surface area contributed by atoms with Crippen molar-refractivity contribution in [3.8, 4) is 11.5 Å². The molecule has 0 spiro atoms. The third-order valence-corrected chi connectivity index (χ3v) is 3.96. The first kappa shape index (κ1) is 14.7. The zero-order valence-corrected chi connectivity index (χ0v) is 12.4. The van der Waals surface area contributed by atoms with Crippen molar-refractivity contribution in [2.75, 3.05) is 19.8 Å². The molecule has 0 bridgehead atoms. The van der Waals surface area contributed by atoms with E-state index in [2.05, 4.69) is 10.6 Å². The molecule has 22 heavy (non-hydrogen) atoms. The molecule has 2 N–H and O–H groups in total. The summed E-state index contributed by atoms with van der Waals surface area (Å²) in [6.45, 7) is 0.966. The smallest absolute Gasteiger partial charge is 0.315 e. The van der Waals surface area contributed by atoms with Crippen LogP contribution in [0.4, 0.5) is 4.79 Å². The third-order valence-electron chi connectivity index (χ3n) is 3.96. The van der Waals surface area contributed by atoms with E-state index in [0.717, 1.165) is 25.7 Å². The summed E-state index contributed by atoms with van der Waals surface area (Å²) in [4.78, 5) is 23.9. The highest BCUT2D eigenvalue weighted by atomic mass is 16.6. The minimum absolute atomic E-state index is 0.0296. The number of ether oxygens (including phenoxy) is 2. The quantitative estimate of drug-likeness (QED) is 0.833. The van der Waals surface area contributed by atoms with Crippen molar-refractivity contribution in [1.82, 2.24) is 10.6 Å². The molecule has 3 rings (SSSR count). The molecule has 118 valence electrons. The molecule has 0 saturated heterocycles. The Balaban J connectivity index is 1.52. The van der Waals surface area contributed by atoms with Gasteiger partial charge in [0.1, 0.15) is 13.2 Å². The monoisotopic (exact) mass is 304 g/mol. The van der Waals surface area contributed by atoms with Gasteiger partial charge in [-0.25, -0.2) is 4.79 Å². The van der Waals surface area contributed by atoms with E-state index in [0.29, 0.717) is 30.3 Å². The summed E-state index contributed by atoms with van der Waals surface area (Å²) in [7, 11) is 0. The highest BCUT2D eigenvalue weighted by molar-refractivity contribution is 5.99. The lowest BCUT2D eigenvalue weighted by atomic mass is 10.1. The van der Waals surface area contributed by atoms with Crippen molar-refractivity contribution in [2.24, 2.45) is 0 Å². The Morgan fingerprint density at radius 3 is 2.59 bits per heavy atom. The van der Waals surface area contributed by atoms with Crippen molar-refractivity contribution in [3.63, 3.8) is 0 Å². The van der Waals surface area contributed by atoms with E-state index in [1.165, 1.54) is 0 Å². The normalized spacial score (nSPS) is 17.1. The zero-order chi connectivity index (χ0) is 15.4. The summed E-state index contributed by atoms with van der Waals surface area (Å²) in [5.74, 6) is 1.07. The van der Waals surface area contributed by atoms with Crippen LogP contribution in [-0.4, -0.2) is 37.6 Å². The second kappa shape index (κ2) is 6.68. The van der Waals surface area contributed by atoms with Crippen LogP contribution in [0.2, 0.25) is 0 Å². The molecular weight excluding hydrogens is 284 g/mol. The molecular formula is C16H20N2O4. The lowest BCUT2D eigenvalue weighted by Gasteiger charge is -2.18. The molecule has 2 aliphatic rings. The molecule has 1 aliphatic carbocycles. The topological polar surface area (TPSA) is 76.7 Å². The molecule has 0 atom stereocenters. The van der Waals surface area contributed by atoms with Crippen LogP contribution in [0.25, 0.3) is 0 Å². The van der Waals surface area contributed by atoms with Gasteiger partial charge < -0.3 is 20.1 Å². The average Bonchev–Trinajstić information content (AvgIpc) is 3.05. The van der Waals surface area contributed by atoms with Gasteiger partial charge in [-0.15, -0.1) is 0 Å². The standard InChI is InChI=1S/C16H20N2O4/c19-13(10-17-16(20)18-12-3-1-2-4-12)11-5-6-14-15(9-11)22-8-7-21-14/h5-6,9,12H,1-4,7-8,10H2,(H2,17,18,20). The lowest BCUT2D eigenvalue weighted by Crippen LogP contribution is -2.42. The van der Waals surface area contributed by atoms with Crippen molar-refractivity contribution < 1.29 is 19.1 Å². The van der Waals surface area contributed by atoms with Gasteiger partial charge in [0.05, 0.1) is 6.54 Å². The number of ketones is 1. The maximum absolute atomic E-state index is 12.1. The number of fused-ring (bicyclic) bond motifs is 1. The van der Waals surface area contributed by atoms with Crippen LogP contribution in [0.1, 0.15) is 36.0 Å². The SMILES string of the molecule is O=C(NCC(=O)c1ccc2c(c1)OCCO2)NC1CCCC1. The van der Waals surface area contributed by atoms with Crippen LogP contribution in [0.3, 0.4) is 0 Å². The van der Waals surface area contributed by atoms with Crippen molar-refractivity contribution in [3.05, 3.63) is 23.8 Å². The minimum atomic E-state index is -0.280. The molecule has 1 heterocycles. The Hall–Kier alpha value is -2.24. The van der Waals surface area contributed by atoms with Gasteiger partial charge in [0.15, 0.2) is 17.3 Å². The fourth-order valence-electron chi connectivity index (χ4n) is 2.79. The highest BCUT2D eigenvalue weighted by Gasteiger charge is 2.18. The van der Waals surface area contributed by atoms with Crippen molar-refractivity contribution in [2.45, 2.75) is 31.7 Å². The predicted octanol–water partition coefficient (Wildman–Crippen LogP) is 1.88. The molecule has 6 nitrogen and oxygen atoms in total. The highest BCUT2D eigenvalue weighted by Crippen LogP contribution is 2.30. The maximum Gasteiger partial charge on any atom is 0.315 e. The molecule has 6 heteroatoms. The first-order chi connectivity index (χ1) is 10.7. The van der Waals surface area contributed by atoms with Crippen LogP contribution in [0, 0.1) is 0 Å². The van der Waals surface area contributed by atoms with E-state index < -0.39 is 0 Å². The number of amides is 2. The van der Waals surface area contributed by atoms with E-state index in [-0.39, 0.29) is 24.4 Å². The van der Waals surface area contributed by atoms with Gasteiger partial charge in [-0.2, -0.15) is 0 Å². The molecule has 1 aliphatic heterocycles. The average molecular weight is 304 g/mol. The lowest BCUT2D eigenvalue weighted by molar-refractivity contribution is 0.0991. The fourth-order valence-corrected chi connectivity index (χ4v) is 2.79. The number of urea groups is 1. The summed E-state index contributed by atoms with van der Waals surface area (Å²) < 4.78 is 10.9. The largest absolute Gasteiger partial charge is 0.486 e. The number of benzene rings is 1. The van der Waals surface area contributed by atoms with Gasteiger partial charge in [-0.1, -0.05) is 12.8 Å². The van der Waals surface area contributed by atoms with Gasteiger partial charge in [0, 0.05) is 11.6 Å². The Labute approximate surface area is 129 Å². The summed E-state index contributed by atoms with van der Waals surface area (Å²) in [6, 6.07) is 5.03. The van der Waals surface area contributed by atoms with Crippen LogP contribution >= 0.6 is 0 Å². The molecule has 0 unspecified atom stereocenters. The second-order valence-electron chi connectivity index (χ2n) is 5.59. The van der Waals surface area contributed by atoms with Crippen LogP contribution in [-0.2, 0) is 0 Å². The number of carbonyl (C=O) groups excluding carboxylic acids is 2. The number of hydrogen-bond donors (Lipinski definition) is 2. The Morgan fingerprint density at radius 2 is 1.82 bits per heavy atom. The number of hydrogen-bond acceptors (Lipinski definition) is 4. The van der Waals surface area contributed by atoms with Crippen molar-refractivity contribution in [1.29, 1.82) is 0 Å². The van der Waals surface area contributed by atoms with Gasteiger partial charge in [0.25, 0.3) is 0 Å².